The van der Waals surface area contributed by atoms with Gasteiger partial charge in [0.1, 0.15) is 0 Å². The van der Waals surface area contributed by atoms with Crippen molar-refractivity contribution in [3.63, 3.8) is 0 Å². The zero-order valence-electron chi connectivity index (χ0n) is 10.2. The molecule has 15 heavy (non-hydrogen) atoms. The number of nitrogens with one attached hydrogen (secondary N) is 1. The first kappa shape index (κ1) is 12.9. The van der Waals surface area contributed by atoms with E-state index in [9.17, 15) is 5.11 Å². The van der Waals surface area contributed by atoms with E-state index in [2.05, 4.69) is 24.1 Å². The van der Waals surface area contributed by atoms with E-state index >= 15 is 0 Å². The maximum Gasteiger partial charge on any atom is 0.0585 e. The van der Waals surface area contributed by atoms with Gasteiger partial charge in [0.2, 0.25) is 0 Å². The number of rotatable bonds is 9. The maximum atomic E-state index is 9.24. The highest BCUT2D eigenvalue weighted by Gasteiger charge is 2.24. The molecular formula is C12H26N2O. The van der Waals surface area contributed by atoms with Crippen LogP contribution in [0.15, 0.2) is 0 Å². The Balaban J connectivity index is 2.12. The van der Waals surface area contributed by atoms with Crippen LogP contribution in [0.4, 0.5) is 0 Å². The lowest BCUT2D eigenvalue weighted by molar-refractivity contribution is 0.207. The summed E-state index contributed by atoms with van der Waals surface area (Å²) in [6, 6.07) is 1.01. The third kappa shape index (κ3) is 5.50. The van der Waals surface area contributed by atoms with Crippen LogP contribution in [0.5, 0.6) is 0 Å². The van der Waals surface area contributed by atoms with Crippen LogP contribution in [-0.2, 0) is 0 Å². The number of nitrogens with zero attached hydrogens (tertiary/aromatic N) is 1. The average molecular weight is 214 g/mol. The monoisotopic (exact) mass is 214 g/mol. The van der Waals surface area contributed by atoms with Crippen molar-refractivity contribution in [3.8, 4) is 0 Å². The Kier molecular flexibility index (Phi) is 6.22. The minimum Gasteiger partial charge on any atom is -0.395 e. The quantitative estimate of drug-likeness (QED) is 0.606. The molecule has 0 aromatic rings. The standard InChI is InChI=1S/C12H26N2O/c1-3-8-14(4-2)9-7-12(10-15)13-11-5-6-11/h11-13,15H,3-10H2,1-2H3. The highest BCUT2D eigenvalue weighted by atomic mass is 16.3. The number of hydrogen-bond acceptors (Lipinski definition) is 3. The molecule has 1 aliphatic rings. The minimum absolute atomic E-state index is 0.278. The molecule has 90 valence electrons. The summed E-state index contributed by atoms with van der Waals surface area (Å²) < 4.78 is 0. The van der Waals surface area contributed by atoms with Crippen molar-refractivity contribution in [2.45, 2.75) is 51.6 Å². The average Bonchev–Trinajstić information content (AvgIpc) is 3.05. The molecule has 1 atom stereocenters. The molecule has 0 aromatic carbocycles. The highest BCUT2D eigenvalue weighted by Crippen LogP contribution is 2.19. The molecule has 3 heteroatoms. The van der Waals surface area contributed by atoms with Gasteiger partial charge >= 0.3 is 0 Å². The van der Waals surface area contributed by atoms with Crippen molar-refractivity contribution in [1.29, 1.82) is 0 Å². The van der Waals surface area contributed by atoms with Gasteiger partial charge in [-0.15, -0.1) is 0 Å². The lowest BCUT2D eigenvalue weighted by Gasteiger charge is -2.23. The van der Waals surface area contributed by atoms with Crippen LogP contribution < -0.4 is 5.32 Å². The van der Waals surface area contributed by atoms with Gasteiger partial charge in [0, 0.05) is 12.1 Å². The van der Waals surface area contributed by atoms with E-state index < -0.39 is 0 Å². The molecule has 2 N–H and O–H groups in total. The van der Waals surface area contributed by atoms with Crippen molar-refractivity contribution < 1.29 is 5.11 Å². The molecular weight excluding hydrogens is 188 g/mol. The van der Waals surface area contributed by atoms with E-state index in [1.54, 1.807) is 0 Å². The third-order valence-corrected chi connectivity index (χ3v) is 3.05. The first-order valence-corrected chi connectivity index (χ1v) is 6.39. The molecule has 1 saturated carbocycles. The normalized spacial score (nSPS) is 18.4. The minimum atomic E-state index is 0.278. The van der Waals surface area contributed by atoms with Gasteiger partial charge in [-0.3, -0.25) is 0 Å². The van der Waals surface area contributed by atoms with Gasteiger partial charge in [-0.2, -0.15) is 0 Å². The third-order valence-electron chi connectivity index (χ3n) is 3.05. The van der Waals surface area contributed by atoms with E-state index in [4.69, 9.17) is 0 Å². The molecule has 0 aliphatic heterocycles. The molecule has 1 aliphatic carbocycles. The smallest absolute Gasteiger partial charge is 0.0585 e. The largest absolute Gasteiger partial charge is 0.395 e. The van der Waals surface area contributed by atoms with Crippen molar-refractivity contribution in [2.75, 3.05) is 26.2 Å². The number of aliphatic hydroxyl groups is 1. The molecule has 1 fully saturated rings. The van der Waals surface area contributed by atoms with Crippen molar-refractivity contribution in [2.24, 2.45) is 0 Å². The van der Waals surface area contributed by atoms with Crippen LogP contribution in [0.1, 0.15) is 39.5 Å². The fourth-order valence-corrected chi connectivity index (χ4v) is 1.89. The summed E-state index contributed by atoms with van der Waals surface area (Å²) in [5, 5.41) is 12.7. The topological polar surface area (TPSA) is 35.5 Å². The molecule has 0 aromatic heterocycles. The Morgan fingerprint density at radius 1 is 1.33 bits per heavy atom. The first-order chi connectivity index (χ1) is 7.30. The second-order valence-electron chi connectivity index (χ2n) is 4.54. The SMILES string of the molecule is CCCN(CC)CCC(CO)NC1CC1. The Labute approximate surface area is 93.9 Å². The molecule has 0 heterocycles. The van der Waals surface area contributed by atoms with Gasteiger partial charge in [-0.05, 0) is 45.3 Å². The number of hydrogen-bond donors (Lipinski definition) is 2. The Bertz CT molecular complexity index is 160. The van der Waals surface area contributed by atoms with E-state index in [0.29, 0.717) is 12.1 Å². The summed E-state index contributed by atoms with van der Waals surface area (Å²) in [7, 11) is 0. The Morgan fingerprint density at radius 2 is 2.07 bits per heavy atom. The predicted octanol–water partition coefficient (Wildman–Crippen LogP) is 1.22. The van der Waals surface area contributed by atoms with Crippen molar-refractivity contribution in [1.82, 2.24) is 10.2 Å². The van der Waals surface area contributed by atoms with Gasteiger partial charge in [0.25, 0.3) is 0 Å². The molecule has 0 amide bonds. The molecule has 0 radical (unpaired) electrons. The lowest BCUT2D eigenvalue weighted by Crippen LogP contribution is -2.38. The summed E-state index contributed by atoms with van der Waals surface area (Å²) >= 11 is 0. The van der Waals surface area contributed by atoms with Gasteiger partial charge in [0.05, 0.1) is 6.61 Å². The summed E-state index contributed by atoms with van der Waals surface area (Å²) in [6.45, 7) is 8.11. The van der Waals surface area contributed by atoms with Crippen LogP contribution >= 0.6 is 0 Å². The zero-order chi connectivity index (χ0) is 11.1. The van der Waals surface area contributed by atoms with Crippen LogP contribution in [0, 0.1) is 0 Å². The molecule has 0 spiro atoms. The number of aliphatic hydroxyl groups excluding tert-OH is 1. The second-order valence-corrected chi connectivity index (χ2v) is 4.54. The van der Waals surface area contributed by atoms with E-state index in [1.165, 1.54) is 25.8 Å². The van der Waals surface area contributed by atoms with Crippen LogP contribution in [0.2, 0.25) is 0 Å². The Morgan fingerprint density at radius 3 is 2.53 bits per heavy atom. The van der Waals surface area contributed by atoms with Crippen molar-refractivity contribution in [3.05, 3.63) is 0 Å². The zero-order valence-corrected chi connectivity index (χ0v) is 10.2. The summed E-state index contributed by atoms with van der Waals surface area (Å²) in [4.78, 5) is 2.46. The Hall–Kier alpha value is -0.120. The highest BCUT2D eigenvalue weighted by molar-refractivity contribution is 4.84. The fraction of sp³-hybridized carbons (Fsp3) is 1.00. The van der Waals surface area contributed by atoms with Gasteiger partial charge in [0.15, 0.2) is 0 Å². The van der Waals surface area contributed by atoms with E-state index in [1.807, 2.05) is 0 Å². The van der Waals surface area contributed by atoms with Crippen molar-refractivity contribution >= 4 is 0 Å². The molecule has 1 rings (SSSR count). The van der Waals surface area contributed by atoms with Crippen LogP contribution in [0.25, 0.3) is 0 Å². The lowest BCUT2D eigenvalue weighted by atomic mass is 10.2. The van der Waals surface area contributed by atoms with E-state index in [0.717, 1.165) is 19.5 Å². The van der Waals surface area contributed by atoms with Crippen LogP contribution in [0.3, 0.4) is 0 Å². The second kappa shape index (κ2) is 7.20. The molecule has 0 saturated heterocycles. The fourth-order valence-electron chi connectivity index (χ4n) is 1.89. The van der Waals surface area contributed by atoms with Crippen LogP contribution in [-0.4, -0.2) is 48.3 Å². The predicted molar refractivity (Wildman–Crippen MR) is 64.1 cm³/mol. The van der Waals surface area contributed by atoms with Gasteiger partial charge in [-0.25, -0.2) is 0 Å². The van der Waals surface area contributed by atoms with Gasteiger partial charge in [-0.1, -0.05) is 13.8 Å². The molecule has 1 unspecified atom stereocenters. The summed E-state index contributed by atoms with van der Waals surface area (Å²) in [5.74, 6) is 0. The molecule has 3 nitrogen and oxygen atoms in total. The summed E-state index contributed by atoms with van der Waals surface area (Å²) in [5.41, 5.74) is 0. The summed E-state index contributed by atoms with van der Waals surface area (Å²) in [6.07, 6.45) is 4.88. The van der Waals surface area contributed by atoms with Gasteiger partial charge < -0.3 is 15.3 Å². The first-order valence-electron chi connectivity index (χ1n) is 6.39. The maximum absolute atomic E-state index is 9.24. The van der Waals surface area contributed by atoms with E-state index in [-0.39, 0.29) is 6.61 Å². The molecule has 0 bridgehead atoms.